The van der Waals surface area contributed by atoms with E-state index in [-0.39, 0.29) is 56.5 Å². The molecular weight excluding hydrogens is 526 g/mol. The quantitative estimate of drug-likeness (QED) is 0.376. The highest BCUT2D eigenvalue weighted by molar-refractivity contribution is 6.04. The lowest BCUT2D eigenvalue weighted by Gasteiger charge is -2.66. The first kappa shape index (κ1) is 30.9. The van der Waals surface area contributed by atoms with Crippen molar-refractivity contribution in [2.24, 2.45) is 38.9 Å². The second-order valence-electron chi connectivity index (χ2n) is 15.9. The third-order valence-electron chi connectivity index (χ3n) is 13.1. The van der Waals surface area contributed by atoms with Crippen molar-refractivity contribution in [1.82, 2.24) is 10.2 Å². The molecule has 1 aromatic rings. The van der Waals surface area contributed by atoms with E-state index in [0.717, 1.165) is 56.9 Å². The third kappa shape index (κ3) is 4.22. The summed E-state index contributed by atoms with van der Waals surface area (Å²) in [7, 11) is 0. The van der Waals surface area contributed by atoms with Gasteiger partial charge in [-0.3, -0.25) is 9.59 Å². The van der Waals surface area contributed by atoms with Crippen LogP contribution in [0.1, 0.15) is 132 Å². The fourth-order valence-corrected chi connectivity index (χ4v) is 9.56. The van der Waals surface area contributed by atoms with Crippen molar-refractivity contribution < 1.29 is 19.1 Å². The van der Waals surface area contributed by atoms with E-state index in [4.69, 9.17) is 4.42 Å². The van der Waals surface area contributed by atoms with Crippen molar-refractivity contribution in [3.05, 3.63) is 35.1 Å². The fourth-order valence-electron chi connectivity index (χ4n) is 9.56. The molecule has 5 rings (SSSR count). The van der Waals surface area contributed by atoms with E-state index >= 15 is 0 Å². The van der Waals surface area contributed by atoms with Gasteiger partial charge in [-0.2, -0.15) is 5.26 Å². The van der Waals surface area contributed by atoms with Crippen LogP contribution in [0.25, 0.3) is 0 Å². The predicted molar refractivity (Wildman–Crippen MR) is 160 cm³/mol. The van der Waals surface area contributed by atoms with Crippen LogP contribution in [0.15, 0.2) is 27.7 Å². The van der Waals surface area contributed by atoms with E-state index in [9.17, 15) is 20.0 Å². The Balaban J connectivity index is 1.45. The van der Waals surface area contributed by atoms with Crippen LogP contribution in [0.2, 0.25) is 0 Å². The second kappa shape index (κ2) is 9.71. The van der Waals surface area contributed by atoms with E-state index in [1.807, 2.05) is 26.0 Å². The van der Waals surface area contributed by atoms with E-state index in [0.29, 0.717) is 5.89 Å². The molecule has 7 nitrogen and oxygen atoms in total. The Bertz CT molecular complexity index is 1410. The number of Topliss-reactive ketones (excluding diaryl/α,β-unsaturated/α-hetero) is 1. The summed E-state index contributed by atoms with van der Waals surface area (Å²) in [4.78, 5) is 27.4. The molecule has 1 aromatic heterocycles. The monoisotopic (exact) mass is 575 g/mol. The van der Waals surface area contributed by atoms with Gasteiger partial charge in [0.05, 0.1) is 5.57 Å². The van der Waals surface area contributed by atoms with E-state index < -0.39 is 16.9 Å². The summed E-state index contributed by atoms with van der Waals surface area (Å²) >= 11 is 0. The highest BCUT2D eigenvalue weighted by Gasteiger charge is 2.66. The lowest BCUT2D eigenvalue weighted by atomic mass is 9.37. The average Bonchev–Trinajstić information content (AvgIpc) is 3.44. The number of hydrogen-bond donors (Lipinski definition) is 1. The number of rotatable bonds is 6. The van der Waals surface area contributed by atoms with Gasteiger partial charge in [0.15, 0.2) is 11.6 Å². The van der Waals surface area contributed by atoms with E-state index in [1.165, 1.54) is 0 Å². The van der Waals surface area contributed by atoms with Crippen LogP contribution in [0.3, 0.4) is 0 Å². The number of aliphatic hydroxyl groups is 1. The Morgan fingerprint density at radius 1 is 1.14 bits per heavy atom. The molecule has 0 aliphatic heterocycles. The van der Waals surface area contributed by atoms with Gasteiger partial charge in [0.2, 0.25) is 11.8 Å². The first-order chi connectivity index (χ1) is 19.4. The standard InChI is InChI=1S/C35H49N3O4/c1-10-32(6,29-38-37-28(42-29)21(2)39)15-13-31(5)14-16-34(8)23(19-31)24(40)17-26-33(7)18-22(20-36)27(41)30(3,4)25(33)11-12-35(26,34)9/h17-18,21,23,25,39H,10-16,19H2,1-9H3/t21-,23-,25-,31+,32?,33-,34+,35+/m0/s1. The number of nitrogens with zero attached hydrogens (tertiary/aromatic N) is 3. The average molecular weight is 576 g/mol. The molecule has 0 amide bonds. The highest BCUT2D eigenvalue weighted by Crippen LogP contribution is 2.72. The molecule has 4 aliphatic carbocycles. The number of aliphatic hydroxyl groups excluding tert-OH is 1. The number of ketones is 2. The van der Waals surface area contributed by atoms with Crippen LogP contribution in [0.5, 0.6) is 0 Å². The molecule has 1 heterocycles. The van der Waals surface area contributed by atoms with Gasteiger partial charge in [-0.1, -0.05) is 67.0 Å². The number of fused-ring (bicyclic) bond motifs is 5. The van der Waals surface area contributed by atoms with Gasteiger partial charge in [0.1, 0.15) is 12.2 Å². The van der Waals surface area contributed by atoms with Crippen LogP contribution in [-0.4, -0.2) is 26.9 Å². The summed E-state index contributed by atoms with van der Waals surface area (Å²) in [5, 5.41) is 28.1. The number of hydrogen-bond acceptors (Lipinski definition) is 7. The van der Waals surface area contributed by atoms with Gasteiger partial charge in [-0.05, 0) is 86.5 Å². The van der Waals surface area contributed by atoms with Crippen molar-refractivity contribution >= 4 is 11.6 Å². The zero-order valence-corrected chi connectivity index (χ0v) is 27.1. The van der Waals surface area contributed by atoms with Crippen LogP contribution >= 0.6 is 0 Å². The molecule has 0 bridgehead atoms. The minimum Gasteiger partial charge on any atom is -0.422 e. The summed E-state index contributed by atoms with van der Waals surface area (Å²) in [6.45, 7) is 19.1. The maximum Gasteiger partial charge on any atom is 0.244 e. The summed E-state index contributed by atoms with van der Waals surface area (Å²) in [5.74, 6) is 0.943. The van der Waals surface area contributed by atoms with Gasteiger partial charge in [-0.15, -0.1) is 10.2 Å². The Morgan fingerprint density at radius 2 is 1.83 bits per heavy atom. The Hall–Kier alpha value is -2.59. The van der Waals surface area contributed by atoms with E-state index in [1.54, 1.807) is 6.92 Å². The third-order valence-corrected chi connectivity index (χ3v) is 13.1. The minimum absolute atomic E-state index is 0.000670. The van der Waals surface area contributed by atoms with Crippen LogP contribution in [0.4, 0.5) is 0 Å². The van der Waals surface area contributed by atoms with Crippen LogP contribution in [-0.2, 0) is 15.0 Å². The number of carbonyl (C=O) groups excluding carboxylic acids is 2. The number of carbonyl (C=O) groups is 2. The SMILES string of the molecule is CCC(C)(CC[C@]1(C)CC[C@]2(C)[C@@H](C1)C(=O)C=C1[C@@]3(C)C=C(C#N)C(=O)C(C)(C)[C@@H]3CC[C@]12C)c1nnc([C@H](C)O)o1. The zero-order chi connectivity index (χ0) is 31.1. The molecule has 2 saturated carbocycles. The Morgan fingerprint density at radius 3 is 2.43 bits per heavy atom. The normalized spacial score (nSPS) is 39.5. The van der Waals surface area contributed by atoms with Gasteiger partial charge in [-0.25, -0.2) is 0 Å². The minimum atomic E-state index is -0.794. The van der Waals surface area contributed by atoms with Gasteiger partial charge < -0.3 is 9.52 Å². The molecule has 228 valence electrons. The second-order valence-corrected chi connectivity index (χ2v) is 15.9. The van der Waals surface area contributed by atoms with E-state index in [2.05, 4.69) is 57.8 Å². The molecule has 2 fully saturated rings. The Labute approximate surface area is 251 Å². The molecule has 8 atom stereocenters. The molecule has 4 aliphatic rings. The lowest BCUT2D eigenvalue weighted by molar-refractivity contribution is -0.146. The molecule has 0 spiro atoms. The van der Waals surface area contributed by atoms with Crippen molar-refractivity contribution in [3.63, 3.8) is 0 Å². The number of allylic oxidation sites excluding steroid dienone is 4. The van der Waals surface area contributed by atoms with Gasteiger partial charge in [0.25, 0.3) is 0 Å². The van der Waals surface area contributed by atoms with Crippen LogP contribution in [0, 0.1) is 50.2 Å². The summed E-state index contributed by atoms with van der Waals surface area (Å²) in [6, 6.07) is 2.18. The molecule has 0 aromatic carbocycles. The van der Waals surface area contributed by atoms with Crippen molar-refractivity contribution in [2.45, 2.75) is 125 Å². The summed E-state index contributed by atoms with van der Waals surface area (Å²) in [5.41, 5.74) is -0.468. The number of nitriles is 1. The maximum absolute atomic E-state index is 14.2. The highest BCUT2D eigenvalue weighted by atomic mass is 16.4. The van der Waals surface area contributed by atoms with Gasteiger partial charge >= 0.3 is 0 Å². The molecule has 42 heavy (non-hydrogen) atoms. The zero-order valence-electron chi connectivity index (χ0n) is 27.1. The summed E-state index contributed by atoms with van der Waals surface area (Å²) in [6.07, 6.45) is 10.4. The molecule has 0 radical (unpaired) electrons. The summed E-state index contributed by atoms with van der Waals surface area (Å²) < 4.78 is 5.88. The van der Waals surface area contributed by atoms with Crippen molar-refractivity contribution in [2.75, 3.05) is 0 Å². The first-order valence-corrected chi connectivity index (χ1v) is 15.9. The predicted octanol–water partition coefficient (Wildman–Crippen LogP) is 7.37. The smallest absolute Gasteiger partial charge is 0.244 e. The lowest BCUT2D eigenvalue weighted by Crippen LogP contribution is -2.61. The maximum atomic E-state index is 14.2. The molecule has 1 unspecified atom stereocenters. The molecule has 0 saturated heterocycles. The van der Waals surface area contributed by atoms with Gasteiger partial charge in [0, 0.05) is 22.2 Å². The molecule has 7 heteroatoms. The fraction of sp³-hybridized carbons (Fsp3) is 0.743. The topological polar surface area (TPSA) is 117 Å². The van der Waals surface area contributed by atoms with Crippen molar-refractivity contribution in [3.8, 4) is 6.07 Å². The van der Waals surface area contributed by atoms with Crippen LogP contribution < -0.4 is 0 Å². The molecular formula is C35H49N3O4. The first-order valence-electron chi connectivity index (χ1n) is 15.9. The Kier molecular flexibility index (Phi) is 7.13. The molecule has 1 N–H and O–H groups in total. The largest absolute Gasteiger partial charge is 0.422 e. The van der Waals surface area contributed by atoms with Crippen molar-refractivity contribution in [1.29, 1.82) is 5.26 Å². The number of aromatic nitrogens is 2.